The second-order valence-electron chi connectivity index (χ2n) is 4.95. The second-order valence-corrected chi connectivity index (χ2v) is 6.29. The number of fused-ring (bicyclic) bond motifs is 1. The van der Waals surface area contributed by atoms with Crippen molar-refractivity contribution in [1.82, 2.24) is 4.90 Å². The molecule has 1 heterocycles. The van der Waals surface area contributed by atoms with E-state index in [1.165, 1.54) is 16.9 Å². The van der Waals surface area contributed by atoms with Gasteiger partial charge in [0.25, 0.3) is 0 Å². The fourth-order valence-corrected chi connectivity index (χ4v) is 3.61. The number of rotatable bonds is 5. The third-order valence-corrected chi connectivity index (χ3v) is 4.46. The first-order valence-corrected chi connectivity index (χ1v) is 7.14. The van der Waals surface area contributed by atoms with Gasteiger partial charge in [-0.25, -0.2) is 0 Å². The minimum Gasteiger partial charge on any atom is -0.393 e. The number of thioether (sulfide) groups is 1. The summed E-state index contributed by atoms with van der Waals surface area (Å²) in [6.45, 7) is 3.94. The first-order valence-electron chi connectivity index (χ1n) is 6.26. The van der Waals surface area contributed by atoms with Crippen molar-refractivity contribution < 1.29 is 5.11 Å². The van der Waals surface area contributed by atoms with Gasteiger partial charge in [-0.1, -0.05) is 18.2 Å². The Bertz CT molecular complexity index is 342. The van der Waals surface area contributed by atoms with E-state index in [-0.39, 0.29) is 6.10 Å². The monoisotopic (exact) mass is 251 g/mol. The maximum absolute atomic E-state index is 9.27. The molecule has 1 aliphatic rings. The van der Waals surface area contributed by atoms with Crippen molar-refractivity contribution in [3.63, 3.8) is 0 Å². The number of hydrogen-bond acceptors (Lipinski definition) is 3. The molecule has 3 heteroatoms. The van der Waals surface area contributed by atoms with E-state index in [0.717, 1.165) is 19.5 Å². The fraction of sp³-hybridized carbons (Fsp3) is 0.571. The summed E-state index contributed by atoms with van der Waals surface area (Å²) >= 11 is 1.99. The topological polar surface area (TPSA) is 23.5 Å². The minimum atomic E-state index is -0.189. The number of benzene rings is 1. The van der Waals surface area contributed by atoms with Gasteiger partial charge in [0.1, 0.15) is 0 Å². The van der Waals surface area contributed by atoms with Crippen LogP contribution in [0, 0.1) is 0 Å². The largest absolute Gasteiger partial charge is 0.393 e. The van der Waals surface area contributed by atoms with Crippen molar-refractivity contribution >= 4 is 11.8 Å². The van der Waals surface area contributed by atoms with Crippen LogP contribution in [0.25, 0.3) is 0 Å². The van der Waals surface area contributed by atoms with Crippen LogP contribution in [0.4, 0.5) is 0 Å². The van der Waals surface area contributed by atoms with Gasteiger partial charge in [0.05, 0.1) is 6.10 Å². The zero-order chi connectivity index (χ0) is 12.3. The number of aliphatic hydroxyl groups excluding tert-OH is 1. The van der Waals surface area contributed by atoms with Gasteiger partial charge in [0.2, 0.25) is 0 Å². The van der Waals surface area contributed by atoms with Gasteiger partial charge in [-0.3, -0.25) is 0 Å². The average molecular weight is 251 g/mol. The van der Waals surface area contributed by atoms with Gasteiger partial charge in [-0.15, -0.1) is 11.8 Å². The Labute approximate surface area is 108 Å². The number of hydrogen-bond donors (Lipinski definition) is 1. The van der Waals surface area contributed by atoms with Crippen LogP contribution in [0.3, 0.4) is 0 Å². The second kappa shape index (κ2) is 5.89. The van der Waals surface area contributed by atoms with Crippen molar-refractivity contribution in [1.29, 1.82) is 0 Å². The lowest BCUT2D eigenvalue weighted by molar-refractivity contribution is 0.164. The lowest BCUT2D eigenvalue weighted by Crippen LogP contribution is -2.29. The Kier molecular flexibility index (Phi) is 4.48. The zero-order valence-electron chi connectivity index (χ0n) is 10.6. The Morgan fingerprint density at radius 1 is 1.47 bits per heavy atom. The van der Waals surface area contributed by atoms with E-state index in [9.17, 15) is 5.11 Å². The van der Waals surface area contributed by atoms with E-state index in [4.69, 9.17) is 0 Å². The number of nitrogens with zero attached hydrogens (tertiary/aromatic N) is 1. The summed E-state index contributed by atoms with van der Waals surface area (Å²) in [6, 6.07) is 8.69. The predicted molar refractivity (Wildman–Crippen MR) is 73.6 cm³/mol. The van der Waals surface area contributed by atoms with Crippen molar-refractivity contribution in [2.75, 3.05) is 20.1 Å². The van der Waals surface area contributed by atoms with Crippen LogP contribution in [0.1, 0.15) is 18.9 Å². The molecule has 17 heavy (non-hydrogen) atoms. The maximum atomic E-state index is 9.27. The van der Waals surface area contributed by atoms with Gasteiger partial charge in [-0.2, -0.15) is 0 Å². The van der Waals surface area contributed by atoms with Crippen LogP contribution in [0.15, 0.2) is 29.2 Å². The molecule has 1 aliphatic heterocycles. The van der Waals surface area contributed by atoms with E-state index in [1.807, 2.05) is 18.7 Å². The standard InChI is InChI=1S/C14H21NOS/c1-11(16)7-8-15(2)10-13-9-12-5-3-4-6-14(12)17-13/h3-6,11,13,16H,7-10H2,1-2H3. The van der Waals surface area contributed by atoms with Crippen LogP contribution in [0.5, 0.6) is 0 Å². The molecule has 0 fully saturated rings. The molecule has 2 rings (SSSR count). The summed E-state index contributed by atoms with van der Waals surface area (Å²) in [6.07, 6.45) is 1.85. The summed E-state index contributed by atoms with van der Waals surface area (Å²) in [4.78, 5) is 3.78. The lowest BCUT2D eigenvalue weighted by atomic mass is 10.1. The summed E-state index contributed by atoms with van der Waals surface area (Å²) in [5.74, 6) is 0. The van der Waals surface area contributed by atoms with E-state index in [1.54, 1.807) is 0 Å². The highest BCUT2D eigenvalue weighted by molar-refractivity contribution is 8.00. The highest BCUT2D eigenvalue weighted by Gasteiger charge is 2.22. The van der Waals surface area contributed by atoms with E-state index < -0.39 is 0 Å². The normalized spacial score (nSPS) is 20.6. The summed E-state index contributed by atoms with van der Waals surface area (Å²) in [5, 5.41) is 9.94. The quantitative estimate of drug-likeness (QED) is 0.869. The zero-order valence-corrected chi connectivity index (χ0v) is 11.4. The molecule has 0 amide bonds. The van der Waals surface area contributed by atoms with Crippen molar-refractivity contribution in [3.8, 4) is 0 Å². The summed E-state index contributed by atoms with van der Waals surface area (Å²) in [5.41, 5.74) is 1.49. The molecule has 1 aromatic carbocycles. The average Bonchev–Trinajstić information content (AvgIpc) is 2.68. The van der Waals surface area contributed by atoms with E-state index >= 15 is 0 Å². The molecule has 0 aromatic heterocycles. The smallest absolute Gasteiger partial charge is 0.0524 e. The number of aliphatic hydroxyl groups is 1. The van der Waals surface area contributed by atoms with Gasteiger partial charge in [0.15, 0.2) is 0 Å². The Balaban J connectivity index is 1.79. The highest BCUT2D eigenvalue weighted by atomic mass is 32.2. The highest BCUT2D eigenvalue weighted by Crippen LogP contribution is 2.36. The van der Waals surface area contributed by atoms with E-state index in [2.05, 4.69) is 36.2 Å². The fourth-order valence-electron chi connectivity index (χ4n) is 2.20. The van der Waals surface area contributed by atoms with Gasteiger partial charge in [-0.05, 0) is 38.4 Å². The van der Waals surface area contributed by atoms with Crippen LogP contribution in [-0.2, 0) is 6.42 Å². The molecule has 94 valence electrons. The molecule has 0 radical (unpaired) electrons. The molecule has 0 saturated heterocycles. The third-order valence-electron chi connectivity index (χ3n) is 3.16. The first kappa shape index (κ1) is 12.9. The molecule has 1 aromatic rings. The lowest BCUT2D eigenvalue weighted by Gasteiger charge is -2.20. The van der Waals surface area contributed by atoms with Crippen LogP contribution < -0.4 is 0 Å². The van der Waals surface area contributed by atoms with Crippen molar-refractivity contribution in [2.24, 2.45) is 0 Å². The molecule has 0 spiro atoms. The minimum absolute atomic E-state index is 0.189. The maximum Gasteiger partial charge on any atom is 0.0524 e. The van der Waals surface area contributed by atoms with Crippen molar-refractivity contribution in [2.45, 2.75) is 36.0 Å². The molecule has 2 atom stereocenters. The van der Waals surface area contributed by atoms with Crippen molar-refractivity contribution in [3.05, 3.63) is 29.8 Å². The van der Waals surface area contributed by atoms with Crippen LogP contribution in [0.2, 0.25) is 0 Å². The first-order chi connectivity index (χ1) is 8.15. The Hall–Kier alpha value is -0.510. The molecule has 1 N–H and O–H groups in total. The Morgan fingerprint density at radius 3 is 2.94 bits per heavy atom. The molecular weight excluding hydrogens is 230 g/mol. The third kappa shape index (κ3) is 3.73. The van der Waals surface area contributed by atoms with Crippen LogP contribution in [-0.4, -0.2) is 41.5 Å². The SMILES string of the molecule is CC(O)CCN(C)CC1Cc2ccccc2S1. The van der Waals surface area contributed by atoms with Crippen LogP contribution >= 0.6 is 11.8 Å². The van der Waals surface area contributed by atoms with Gasteiger partial charge < -0.3 is 10.0 Å². The van der Waals surface area contributed by atoms with Gasteiger partial charge >= 0.3 is 0 Å². The predicted octanol–water partition coefficient (Wildman–Crippen LogP) is 2.41. The molecule has 0 aliphatic carbocycles. The summed E-state index contributed by atoms with van der Waals surface area (Å²) in [7, 11) is 2.14. The molecule has 2 nitrogen and oxygen atoms in total. The molecule has 0 saturated carbocycles. The Morgan fingerprint density at radius 2 is 2.24 bits per heavy atom. The molecular formula is C14H21NOS. The van der Waals surface area contributed by atoms with Gasteiger partial charge in [0, 0.05) is 23.2 Å². The summed E-state index contributed by atoms with van der Waals surface area (Å²) < 4.78 is 0. The molecule has 2 unspecified atom stereocenters. The van der Waals surface area contributed by atoms with E-state index in [0.29, 0.717) is 5.25 Å². The molecule has 0 bridgehead atoms.